The van der Waals surface area contributed by atoms with Gasteiger partial charge in [0.1, 0.15) is 0 Å². The van der Waals surface area contributed by atoms with Crippen molar-refractivity contribution in [1.82, 2.24) is 0 Å². The molecule has 2 saturated carbocycles. The molecule has 0 heterocycles. The number of hydrogen-bond acceptors (Lipinski definition) is 0. The van der Waals surface area contributed by atoms with Gasteiger partial charge in [-0.25, -0.2) is 0 Å². The SMILES string of the molecule is C1CCCC1.CC(C1CCCC1P(C)C)P(C)C.[CH3-].[CH3-].[Fe+2]. The van der Waals surface area contributed by atoms with Crippen LogP contribution in [-0.2, 0) is 17.1 Å². The maximum Gasteiger partial charge on any atom is 2.00 e. The van der Waals surface area contributed by atoms with Crippen molar-refractivity contribution >= 4 is 15.8 Å². The third-order valence-electron chi connectivity index (χ3n) is 4.88. The summed E-state index contributed by atoms with van der Waals surface area (Å²) in [6.45, 7) is 12.3. The van der Waals surface area contributed by atoms with Gasteiger partial charge in [0, 0.05) is 0 Å². The average Bonchev–Trinajstić information content (AvgIpc) is 3.01. The van der Waals surface area contributed by atoms with E-state index in [1.165, 1.54) is 51.4 Å². The fourth-order valence-electron chi connectivity index (χ4n) is 3.44. The summed E-state index contributed by atoms with van der Waals surface area (Å²) in [6.07, 6.45) is 12.0. The largest absolute Gasteiger partial charge is 2.00 e. The third-order valence-corrected chi connectivity index (χ3v) is 8.86. The fourth-order valence-corrected chi connectivity index (χ4v) is 6.57. The molecule has 0 spiro atoms. The number of hydrogen-bond donors (Lipinski definition) is 0. The van der Waals surface area contributed by atoms with E-state index >= 15 is 0 Å². The zero-order valence-corrected chi connectivity index (χ0v) is 18.5. The maximum absolute atomic E-state index is 2.49. The van der Waals surface area contributed by atoms with E-state index < -0.39 is 0 Å². The monoisotopic (exact) mass is 374 g/mol. The van der Waals surface area contributed by atoms with E-state index in [1.807, 2.05) is 0 Å². The standard InChI is InChI=1S/C11H24P2.C5H10.2CH3.Fe/c1-9(12(2)3)10-7-6-8-11(10)13(4)5;1-2-4-5-3-1;;;/h9-11H,6-8H2,1-5H3;1-5H2;2*1H3;/q;;2*-1;+2. The average molecular weight is 374 g/mol. The minimum absolute atomic E-state index is 0. The summed E-state index contributed by atoms with van der Waals surface area (Å²) in [5.74, 6) is 1.07. The molecule has 2 aliphatic carbocycles. The smallest absolute Gasteiger partial charge is 0.358 e. The van der Waals surface area contributed by atoms with Gasteiger partial charge in [-0.3, -0.25) is 0 Å². The third kappa shape index (κ3) is 9.97. The molecule has 0 radical (unpaired) electrons. The molecule has 3 heteroatoms. The number of rotatable bonds is 3. The summed E-state index contributed by atoms with van der Waals surface area (Å²) in [5, 5.41) is 0. The molecule has 0 aromatic heterocycles. The van der Waals surface area contributed by atoms with E-state index in [4.69, 9.17) is 0 Å². The van der Waals surface area contributed by atoms with Gasteiger partial charge in [0.25, 0.3) is 0 Å². The molecule has 2 rings (SSSR count). The zero-order valence-electron chi connectivity index (χ0n) is 15.6. The van der Waals surface area contributed by atoms with E-state index in [2.05, 4.69) is 33.6 Å². The van der Waals surface area contributed by atoms with Crippen LogP contribution in [0.15, 0.2) is 0 Å². The Hall–Kier alpha value is 1.38. The molecule has 0 bridgehead atoms. The van der Waals surface area contributed by atoms with Gasteiger partial charge in [0.05, 0.1) is 0 Å². The Bertz CT molecular complexity index is 208. The molecule has 0 amide bonds. The molecule has 3 unspecified atom stereocenters. The van der Waals surface area contributed by atoms with Crippen LogP contribution in [0.4, 0.5) is 0 Å². The molecule has 0 aromatic carbocycles. The molecular formula is C18H40FeP2. The Labute approximate surface area is 150 Å². The molecular weight excluding hydrogens is 334 g/mol. The molecule has 3 atom stereocenters. The van der Waals surface area contributed by atoms with E-state index in [-0.39, 0.29) is 39.8 Å². The van der Waals surface area contributed by atoms with Gasteiger partial charge < -0.3 is 14.9 Å². The Morgan fingerprint density at radius 1 is 0.762 bits per heavy atom. The van der Waals surface area contributed by atoms with Crippen molar-refractivity contribution in [3.63, 3.8) is 0 Å². The Kier molecular flexibility index (Phi) is 19.4. The topological polar surface area (TPSA) is 0 Å². The molecule has 2 aliphatic rings. The van der Waals surface area contributed by atoms with Gasteiger partial charge in [-0.2, -0.15) is 0 Å². The van der Waals surface area contributed by atoms with Crippen LogP contribution in [0.1, 0.15) is 58.3 Å². The summed E-state index contributed by atoms with van der Waals surface area (Å²) in [5.41, 5.74) is 2.10. The van der Waals surface area contributed by atoms with E-state index in [9.17, 15) is 0 Å². The second-order valence-electron chi connectivity index (χ2n) is 6.60. The predicted octanol–water partition coefficient (Wildman–Crippen LogP) is 6.88. The predicted molar refractivity (Wildman–Crippen MR) is 104 cm³/mol. The van der Waals surface area contributed by atoms with Crippen LogP contribution >= 0.6 is 15.8 Å². The van der Waals surface area contributed by atoms with Gasteiger partial charge >= 0.3 is 17.1 Å². The summed E-state index contributed by atoms with van der Waals surface area (Å²) in [4.78, 5) is 0. The van der Waals surface area contributed by atoms with E-state index in [1.54, 1.807) is 0 Å². The zero-order chi connectivity index (χ0) is 13.5. The second kappa shape index (κ2) is 14.9. The first-order chi connectivity index (χ1) is 8.54. The second-order valence-corrected chi connectivity index (χ2v) is 11.9. The van der Waals surface area contributed by atoms with Gasteiger partial charge in [0.15, 0.2) is 0 Å². The molecule has 130 valence electrons. The van der Waals surface area contributed by atoms with Gasteiger partial charge in [-0.05, 0) is 56.7 Å². The van der Waals surface area contributed by atoms with Crippen molar-refractivity contribution in [3.8, 4) is 0 Å². The van der Waals surface area contributed by atoms with Crippen molar-refractivity contribution in [2.45, 2.75) is 69.6 Å². The van der Waals surface area contributed by atoms with Crippen LogP contribution in [0.25, 0.3) is 0 Å². The summed E-state index contributed by atoms with van der Waals surface area (Å²) >= 11 is 0. The Balaban J connectivity index is -0.000000349. The molecule has 0 aliphatic heterocycles. The van der Waals surface area contributed by atoms with Crippen molar-refractivity contribution in [3.05, 3.63) is 14.9 Å². The van der Waals surface area contributed by atoms with Crippen molar-refractivity contribution in [2.75, 3.05) is 26.7 Å². The first kappa shape index (κ1) is 27.2. The summed E-state index contributed by atoms with van der Waals surface area (Å²) in [6, 6.07) is 0. The van der Waals surface area contributed by atoms with Crippen LogP contribution in [0.3, 0.4) is 0 Å². The van der Waals surface area contributed by atoms with Crippen LogP contribution in [0.2, 0.25) is 0 Å². The molecule has 0 N–H and O–H groups in total. The quantitative estimate of drug-likeness (QED) is 0.287. The molecule has 0 aromatic rings. The van der Waals surface area contributed by atoms with Crippen LogP contribution in [0, 0.1) is 20.8 Å². The van der Waals surface area contributed by atoms with Crippen LogP contribution in [0.5, 0.6) is 0 Å². The maximum atomic E-state index is 2.49. The van der Waals surface area contributed by atoms with E-state index in [0.717, 1.165) is 17.2 Å². The van der Waals surface area contributed by atoms with Crippen molar-refractivity contribution < 1.29 is 17.1 Å². The van der Waals surface area contributed by atoms with Crippen molar-refractivity contribution in [2.24, 2.45) is 5.92 Å². The molecule has 2 fully saturated rings. The first-order valence-corrected chi connectivity index (χ1v) is 12.5. The van der Waals surface area contributed by atoms with Gasteiger partial charge in [-0.1, -0.05) is 45.4 Å². The summed E-state index contributed by atoms with van der Waals surface area (Å²) < 4.78 is 0. The minimum Gasteiger partial charge on any atom is -0.358 e. The first-order valence-electron chi connectivity index (χ1n) is 7.87. The Morgan fingerprint density at radius 2 is 1.19 bits per heavy atom. The molecule has 21 heavy (non-hydrogen) atoms. The summed E-state index contributed by atoms with van der Waals surface area (Å²) in [7, 11) is 0.599. The van der Waals surface area contributed by atoms with Gasteiger partial charge in [-0.15, -0.1) is 15.8 Å². The van der Waals surface area contributed by atoms with E-state index in [0.29, 0.717) is 7.92 Å². The fraction of sp³-hybridized carbons (Fsp3) is 0.889. The van der Waals surface area contributed by atoms with Crippen LogP contribution in [-0.4, -0.2) is 38.0 Å². The van der Waals surface area contributed by atoms with Gasteiger partial charge in [0.2, 0.25) is 0 Å². The molecule has 0 nitrogen and oxygen atoms in total. The molecule has 0 saturated heterocycles. The van der Waals surface area contributed by atoms with Crippen LogP contribution < -0.4 is 0 Å². The normalized spacial score (nSPS) is 25.3. The minimum atomic E-state index is 0. The Morgan fingerprint density at radius 3 is 1.52 bits per heavy atom. The van der Waals surface area contributed by atoms with Crippen molar-refractivity contribution in [1.29, 1.82) is 0 Å².